The van der Waals surface area contributed by atoms with Gasteiger partial charge in [0, 0.05) is 23.9 Å². The number of nitro benzene ring substituents is 1. The fraction of sp³-hybridized carbons (Fsp3) is 0.333. The van der Waals surface area contributed by atoms with Crippen molar-refractivity contribution < 1.29 is 19.6 Å². The third kappa shape index (κ3) is 4.23. The number of anilines is 1. The maximum atomic E-state index is 11.6. The summed E-state index contributed by atoms with van der Waals surface area (Å²) in [6.07, 6.45) is 0. The fourth-order valence-electron chi connectivity index (χ4n) is 1.41. The number of carboxylic acid groups (broad SMARTS) is 1. The summed E-state index contributed by atoms with van der Waals surface area (Å²) in [5, 5.41) is 24.3. The lowest BCUT2D eigenvalue weighted by Crippen LogP contribution is -2.42. The number of amides is 2. The van der Waals surface area contributed by atoms with Gasteiger partial charge >= 0.3 is 12.0 Å². The molecule has 0 aliphatic rings. The molecule has 0 saturated carbocycles. The number of urea groups is 1. The van der Waals surface area contributed by atoms with Crippen molar-refractivity contribution in [3.63, 3.8) is 0 Å². The van der Waals surface area contributed by atoms with Gasteiger partial charge < -0.3 is 15.7 Å². The molecule has 0 fully saturated rings. The molecular weight excluding hydrogens is 266 g/mol. The van der Waals surface area contributed by atoms with Gasteiger partial charge in [-0.2, -0.15) is 0 Å². The molecule has 0 aliphatic carbocycles. The quantitative estimate of drug-likeness (QED) is 0.561. The van der Waals surface area contributed by atoms with Crippen LogP contribution >= 0.6 is 0 Å². The van der Waals surface area contributed by atoms with Crippen LogP contribution in [0.2, 0.25) is 0 Å². The van der Waals surface area contributed by atoms with E-state index in [0.29, 0.717) is 0 Å². The lowest BCUT2D eigenvalue weighted by atomic mass is 10.0. The Morgan fingerprint density at radius 1 is 1.35 bits per heavy atom. The van der Waals surface area contributed by atoms with Crippen molar-refractivity contribution in [3.8, 4) is 0 Å². The van der Waals surface area contributed by atoms with Crippen molar-refractivity contribution in [2.75, 3.05) is 5.32 Å². The standard InChI is InChI=1S/C12H15N3O5/c1-7(11(16)17)8(2)13-12(18)14-9-4-3-5-10(6-9)15(19)20/h3-8H,1-2H3,(H,16,17)(H2,13,14,18). The highest BCUT2D eigenvalue weighted by molar-refractivity contribution is 5.90. The first-order chi connectivity index (χ1) is 9.31. The highest BCUT2D eigenvalue weighted by Gasteiger charge is 2.21. The molecule has 0 aliphatic heterocycles. The van der Waals surface area contributed by atoms with E-state index in [1.54, 1.807) is 6.92 Å². The summed E-state index contributed by atoms with van der Waals surface area (Å²) in [6.45, 7) is 3.03. The van der Waals surface area contributed by atoms with E-state index < -0.39 is 28.9 Å². The number of hydrogen-bond donors (Lipinski definition) is 3. The van der Waals surface area contributed by atoms with Gasteiger partial charge in [-0.1, -0.05) is 6.07 Å². The molecule has 8 nitrogen and oxygen atoms in total. The van der Waals surface area contributed by atoms with Crippen LogP contribution in [-0.4, -0.2) is 28.1 Å². The van der Waals surface area contributed by atoms with Crippen LogP contribution in [0.4, 0.5) is 16.2 Å². The second kappa shape index (κ2) is 6.50. The van der Waals surface area contributed by atoms with Crippen molar-refractivity contribution in [3.05, 3.63) is 34.4 Å². The van der Waals surface area contributed by atoms with Gasteiger partial charge in [0.2, 0.25) is 0 Å². The number of carbonyl (C=O) groups is 2. The smallest absolute Gasteiger partial charge is 0.319 e. The van der Waals surface area contributed by atoms with Gasteiger partial charge in [0.25, 0.3) is 5.69 Å². The summed E-state index contributed by atoms with van der Waals surface area (Å²) in [5.41, 5.74) is 0.113. The summed E-state index contributed by atoms with van der Waals surface area (Å²) in [6, 6.07) is 4.26. The zero-order chi connectivity index (χ0) is 15.3. The van der Waals surface area contributed by atoms with Crippen LogP contribution in [0.15, 0.2) is 24.3 Å². The molecule has 3 N–H and O–H groups in total. The molecule has 2 atom stereocenters. The summed E-state index contributed by atoms with van der Waals surface area (Å²) in [7, 11) is 0. The van der Waals surface area contributed by atoms with Crippen LogP contribution in [0.3, 0.4) is 0 Å². The lowest BCUT2D eigenvalue weighted by Gasteiger charge is -2.18. The number of benzene rings is 1. The van der Waals surface area contributed by atoms with Gasteiger partial charge in [0.1, 0.15) is 0 Å². The lowest BCUT2D eigenvalue weighted by molar-refractivity contribution is -0.384. The molecule has 0 bridgehead atoms. The topological polar surface area (TPSA) is 122 Å². The van der Waals surface area contributed by atoms with E-state index in [0.717, 1.165) is 0 Å². The van der Waals surface area contributed by atoms with Crippen molar-refractivity contribution in [1.82, 2.24) is 5.32 Å². The van der Waals surface area contributed by atoms with Crippen LogP contribution in [-0.2, 0) is 4.79 Å². The monoisotopic (exact) mass is 281 g/mol. The summed E-state index contributed by atoms with van der Waals surface area (Å²) in [4.78, 5) is 32.4. The molecule has 20 heavy (non-hydrogen) atoms. The number of carboxylic acids is 1. The van der Waals surface area contributed by atoms with Gasteiger partial charge in [-0.3, -0.25) is 14.9 Å². The predicted octanol–water partition coefficient (Wildman–Crippen LogP) is 1.83. The molecule has 8 heteroatoms. The van der Waals surface area contributed by atoms with Crippen molar-refractivity contribution in [2.24, 2.45) is 5.92 Å². The summed E-state index contributed by atoms with van der Waals surface area (Å²) >= 11 is 0. The van der Waals surface area contributed by atoms with Crippen molar-refractivity contribution in [2.45, 2.75) is 19.9 Å². The number of carbonyl (C=O) groups excluding carboxylic acids is 1. The normalized spacial score (nSPS) is 13.1. The zero-order valence-electron chi connectivity index (χ0n) is 11.0. The van der Waals surface area contributed by atoms with Gasteiger partial charge in [-0.15, -0.1) is 0 Å². The Labute approximate surface area is 114 Å². The van der Waals surface area contributed by atoms with Gasteiger partial charge in [0.05, 0.1) is 10.8 Å². The van der Waals surface area contributed by atoms with Gasteiger partial charge in [-0.05, 0) is 19.9 Å². The zero-order valence-corrected chi connectivity index (χ0v) is 11.0. The van der Waals surface area contributed by atoms with Gasteiger partial charge in [0.15, 0.2) is 0 Å². The van der Waals surface area contributed by atoms with Crippen LogP contribution in [0, 0.1) is 16.0 Å². The van der Waals surface area contributed by atoms with E-state index in [1.807, 2.05) is 0 Å². The molecule has 0 aromatic heterocycles. The molecule has 2 amide bonds. The van der Waals surface area contributed by atoms with Gasteiger partial charge in [-0.25, -0.2) is 4.79 Å². The molecular formula is C12H15N3O5. The number of rotatable bonds is 5. The predicted molar refractivity (Wildman–Crippen MR) is 71.5 cm³/mol. The fourth-order valence-corrected chi connectivity index (χ4v) is 1.41. The Balaban J connectivity index is 2.65. The van der Waals surface area contributed by atoms with Crippen LogP contribution < -0.4 is 10.6 Å². The molecule has 1 rings (SSSR count). The van der Waals surface area contributed by atoms with E-state index in [2.05, 4.69) is 10.6 Å². The third-order valence-electron chi connectivity index (χ3n) is 2.81. The second-order valence-corrected chi connectivity index (χ2v) is 4.32. The molecule has 1 aromatic carbocycles. The molecule has 1 aromatic rings. The third-order valence-corrected chi connectivity index (χ3v) is 2.81. The Bertz CT molecular complexity index is 532. The van der Waals surface area contributed by atoms with E-state index in [4.69, 9.17) is 5.11 Å². The Hall–Kier alpha value is -2.64. The van der Waals surface area contributed by atoms with Crippen molar-refractivity contribution in [1.29, 1.82) is 0 Å². The first kappa shape index (κ1) is 15.4. The minimum absolute atomic E-state index is 0.144. The summed E-state index contributed by atoms with van der Waals surface area (Å²) < 4.78 is 0. The first-order valence-electron chi connectivity index (χ1n) is 5.86. The van der Waals surface area contributed by atoms with Crippen LogP contribution in [0.1, 0.15) is 13.8 Å². The number of nitrogens with one attached hydrogen (secondary N) is 2. The largest absolute Gasteiger partial charge is 0.481 e. The summed E-state index contributed by atoms with van der Waals surface area (Å²) in [5.74, 6) is -1.76. The average molecular weight is 281 g/mol. The molecule has 0 spiro atoms. The van der Waals surface area contributed by atoms with E-state index in [1.165, 1.54) is 31.2 Å². The first-order valence-corrected chi connectivity index (χ1v) is 5.86. The molecule has 0 heterocycles. The minimum atomic E-state index is -1.02. The highest BCUT2D eigenvalue weighted by atomic mass is 16.6. The molecule has 0 saturated heterocycles. The highest BCUT2D eigenvalue weighted by Crippen LogP contribution is 2.16. The number of nitrogens with zero attached hydrogens (tertiary/aromatic N) is 1. The number of aliphatic carboxylic acids is 1. The van der Waals surface area contributed by atoms with E-state index in [9.17, 15) is 19.7 Å². The Morgan fingerprint density at radius 3 is 2.55 bits per heavy atom. The second-order valence-electron chi connectivity index (χ2n) is 4.32. The minimum Gasteiger partial charge on any atom is -0.481 e. The Morgan fingerprint density at radius 2 is 2.00 bits per heavy atom. The van der Waals surface area contributed by atoms with Crippen LogP contribution in [0.5, 0.6) is 0 Å². The number of nitro groups is 1. The molecule has 2 unspecified atom stereocenters. The molecule has 0 radical (unpaired) electrons. The maximum absolute atomic E-state index is 11.6. The number of non-ortho nitro benzene ring substituents is 1. The maximum Gasteiger partial charge on any atom is 0.319 e. The van der Waals surface area contributed by atoms with E-state index >= 15 is 0 Å². The average Bonchev–Trinajstić information content (AvgIpc) is 2.37. The number of hydrogen-bond acceptors (Lipinski definition) is 4. The van der Waals surface area contributed by atoms with E-state index in [-0.39, 0.29) is 11.4 Å². The SMILES string of the molecule is CC(NC(=O)Nc1cccc([N+](=O)[O-])c1)C(C)C(=O)O. The van der Waals surface area contributed by atoms with Crippen LogP contribution in [0.25, 0.3) is 0 Å². The van der Waals surface area contributed by atoms with Crippen molar-refractivity contribution >= 4 is 23.4 Å². The Kier molecular flexibility index (Phi) is 5.01. The molecule has 108 valence electrons.